The molecule has 0 radical (unpaired) electrons. The normalized spacial score (nSPS) is 10.0. The first-order valence-corrected chi connectivity index (χ1v) is 6.58. The molecule has 0 unspecified atom stereocenters. The number of ketones is 1. The van der Waals surface area contributed by atoms with Gasteiger partial charge in [0, 0.05) is 6.07 Å². The van der Waals surface area contributed by atoms with Gasteiger partial charge < -0.3 is 14.2 Å². The van der Waals surface area contributed by atoms with Gasteiger partial charge in [-0.25, -0.2) is 0 Å². The second-order valence-electron chi connectivity index (χ2n) is 4.56. The molecule has 0 saturated carbocycles. The molecule has 0 saturated heterocycles. The minimum absolute atomic E-state index is 0.0395. The van der Waals surface area contributed by atoms with E-state index in [9.17, 15) is 4.79 Å². The van der Waals surface area contributed by atoms with Gasteiger partial charge in [-0.3, -0.25) is 4.79 Å². The van der Waals surface area contributed by atoms with Crippen molar-refractivity contribution in [2.45, 2.75) is 13.5 Å². The summed E-state index contributed by atoms with van der Waals surface area (Å²) < 4.78 is 16.0. The molecule has 0 aliphatic carbocycles. The highest BCUT2D eigenvalue weighted by Crippen LogP contribution is 2.26. The Morgan fingerprint density at radius 1 is 0.952 bits per heavy atom. The van der Waals surface area contributed by atoms with Crippen LogP contribution < -0.4 is 14.2 Å². The minimum atomic E-state index is -0.0395. The van der Waals surface area contributed by atoms with Crippen molar-refractivity contribution < 1.29 is 19.0 Å². The van der Waals surface area contributed by atoms with Gasteiger partial charge in [-0.15, -0.1) is 0 Å². The van der Waals surface area contributed by atoms with Gasteiger partial charge in [-0.1, -0.05) is 12.1 Å². The summed E-state index contributed by atoms with van der Waals surface area (Å²) in [5.41, 5.74) is 1.54. The van der Waals surface area contributed by atoms with E-state index in [4.69, 9.17) is 14.2 Å². The second kappa shape index (κ2) is 6.79. The Kier molecular flexibility index (Phi) is 4.82. The number of ether oxygens (including phenoxy) is 3. The van der Waals surface area contributed by atoms with Crippen LogP contribution >= 0.6 is 0 Å². The molecule has 0 fully saturated rings. The highest BCUT2D eigenvalue weighted by atomic mass is 16.5. The van der Waals surface area contributed by atoms with E-state index in [1.165, 1.54) is 6.92 Å². The maximum atomic E-state index is 11.6. The summed E-state index contributed by atoms with van der Waals surface area (Å²) in [4.78, 5) is 11.6. The van der Waals surface area contributed by atoms with Crippen LogP contribution in [0.3, 0.4) is 0 Å². The molecule has 0 aromatic heterocycles. The van der Waals surface area contributed by atoms with Crippen LogP contribution in [-0.2, 0) is 6.61 Å². The first-order valence-electron chi connectivity index (χ1n) is 6.58. The lowest BCUT2D eigenvalue weighted by molar-refractivity contribution is 0.101. The summed E-state index contributed by atoms with van der Waals surface area (Å²) in [5, 5.41) is 0. The zero-order valence-corrected chi connectivity index (χ0v) is 12.4. The van der Waals surface area contributed by atoms with Crippen LogP contribution in [0.1, 0.15) is 22.8 Å². The topological polar surface area (TPSA) is 44.8 Å². The predicted molar refractivity (Wildman–Crippen MR) is 80.3 cm³/mol. The summed E-state index contributed by atoms with van der Waals surface area (Å²) in [6, 6.07) is 12.8. The van der Waals surface area contributed by atoms with E-state index >= 15 is 0 Å². The van der Waals surface area contributed by atoms with Crippen molar-refractivity contribution in [3.8, 4) is 17.2 Å². The fourth-order valence-corrected chi connectivity index (χ4v) is 1.92. The Bertz CT molecular complexity index is 617. The molecule has 0 aliphatic rings. The van der Waals surface area contributed by atoms with Crippen LogP contribution in [0.5, 0.6) is 17.2 Å². The first-order chi connectivity index (χ1) is 10.1. The third kappa shape index (κ3) is 3.75. The molecule has 0 bridgehead atoms. The van der Waals surface area contributed by atoms with Crippen molar-refractivity contribution >= 4 is 5.78 Å². The van der Waals surface area contributed by atoms with Crippen molar-refractivity contribution in [1.29, 1.82) is 0 Å². The molecule has 0 atom stereocenters. The quantitative estimate of drug-likeness (QED) is 0.763. The lowest BCUT2D eigenvalue weighted by Crippen LogP contribution is -2.02. The summed E-state index contributed by atoms with van der Waals surface area (Å²) >= 11 is 0. The Hall–Kier alpha value is -2.49. The third-order valence-electron chi connectivity index (χ3n) is 3.12. The Balaban J connectivity index is 2.15. The fourth-order valence-electron chi connectivity index (χ4n) is 1.92. The van der Waals surface area contributed by atoms with Crippen molar-refractivity contribution in [1.82, 2.24) is 0 Å². The Morgan fingerprint density at radius 3 is 2.14 bits per heavy atom. The molecule has 0 amide bonds. The molecule has 2 aromatic rings. The minimum Gasteiger partial charge on any atom is -0.497 e. The second-order valence-corrected chi connectivity index (χ2v) is 4.56. The number of carbonyl (C=O) groups excluding carboxylic acids is 1. The van der Waals surface area contributed by atoms with E-state index < -0.39 is 0 Å². The molecule has 110 valence electrons. The monoisotopic (exact) mass is 286 g/mol. The molecule has 0 heterocycles. The van der Waals surface area contributed by atoms with E-state index in [0.29, 0.717) is 23.7 Å². The maximum Gasteiger partial charge on any atom is 0.163 e. The van der Waals surface area contributed by atoms with E-state index in [0.717, 1.165) is 11.3 Å². The fraction of sp³-hybridized carbons (Fsp3) is 0.235. The van der Waals surface area contributed by atoms with E-state index in [1.54, 1.807) is 32.4 Å². The van der Waals surface area contributed by atoms with Gasteiger partial charge in [-0.05, 0) is 36.8 Å². The van der Waals surface area contributed by atoms with Gasteiger partial charge in [0.25, 0.3) is 0 Å². The Morgan fingerprint density at radius 2 is 1.57 bits per heavy atom. The van der Waals surface area contributed by atoms with Crippen LogP contribution in [-0.4, -0.2) is 20.0 Å². The number of Topliss-reactive ketones (excluding diaryl/α,β-unsaturated/α-hetero) is 1. The van der Waals surface area contributed by atoms with Gasteiger partial charge in [0.2, 0.25) is 0 Å². The number of carbonyl (C=O) groups is 1. The molecule has 2 rings (SSSR count). The third-order valence-corrected chi connectivity index (χ3v) is 3.12. The van der Waals surface area contributed by atoms with Gasteiger partial charge in [0.15, 0.2) is 5.78 Å². The summed E-state index contributed by atoms with van der Waals surface area (Å²) in [6.45, 7) is 1.89. The maximum absolute atomic E-state index is 11.6. The number of hydrogen-bond donors (Lipinski definition) is 0. The lowest BCUT2D eigenvalue weighted by atomic mass is 10.1. The first kappa shape index (κ1) is 14.9. The van der Waals surface area contributed by atoms with Crippen molar-refractivity contribution in [3.05, 3.63) is 53.6 Å². The smallest absolute Gasteiger partial charge is 0.163 e. The molecule has 2 aromatic carbocycles. The average molecular weight is 286 g/mol. The van der Waals surface area contributed by atoms with Crippen molar-refractivity contribution in [2.24, 2.45) is 0 Å². The van der Waals surface area contributed by atoms with Gasteiger partial charge in [0.05, 0.1) is 19.8 Å². The average Bonchev–Trinajstić information content (AvgIpc) is 2.52. The van der Waals surface area contributed by atoms with Crippen LogP contribution in [0.2, 0.25) is 0 Å². The zero-order valence-electron chi connectivity index (χ0n) is 12.4. The highest BCUT2D eigenvalue weighted by Gasteiger charge is 2.10. The number of benzene rings is 2. The SMILES string of the molecule is COc1ccc(COc2cc(OC)ccc2C(C)=O)cc1. The van der Waals surface area contributed by atoms with Crippen LogP contribution in [0, 0.1) is 0 Å². The van der Waals surface area contributed by atoms with Gasteiger partial charge in [0.1, 0.15) is 23.9 Å². The molecular formula is C17H18O4. The van der Waals surface area contributed by atoms with Gasteiger partial charge in [-0.2, -0.15) is 0 Å². The molecule has 0 spiro atoms. The largest absolute Gasteiger partial charge is 0.497 e. The predicted octanol–water partition coefficient (Wildman–Crippen LogP) is 3.49. The van der Waals surface area contributed by atoms with E-state index in [2.05, 4.69) is 0 Å². The Labute approximate surface area is 124 Å². The number of methoxy groups -OCH3 is 2. The van der Waals surface area contributed by atoms with E-state index in [-0.39, 0.29) is 5.78 Å². The molecule has 0 aliphatic heterocycles. The standard InChI is InChI=1S/C17H18O4/c1-12(18)16-9-8-15(20-3)10-17(16)21-11-13-4-6-14(19-2)7-5-13/h4-10H,11H2,1-3H3. The van der Waals surface area contributed by atoms with Gasteiger partial charge >= 0.3 is 0 Å². The summed E-state index contributed by atoms with van der Waals surface area (Å²) in [6.07, 6.45) is 0. The highest BCUT2D eigenvalue weighted by molar-refractivity contribution is 5.97. The summed E-state index contributed by atoms with van der Waals surface area (Å²) in [7, 11) is 3.21. The van der Waals surface area contributed by atoms with Crippen molar-refractivity contribution in [2.75, 3.05) is 14.2 Å². The zero-order chi connectivity index (χ0) is 15.2. The van der Waals surface area contributed by atoms with Crippen LogP contribution in [0.4, 0.5) is 0 Å². The lowest BCUT2D eigenvalue weighted by Gasteiger charge is -2.11. The molecular weight excluding hydrogens is 268 g/mol. The molecule has 4 nitrogen and oxygen atoms in total. The molecule has 4 heteroatoms. The van der Waals surface area contributed by atoms with Crippen LogP contribution in [0.25, 0.3) is 0 Å². The number of hydrogen-bond acceptors (Lipinski definition) is 4. The van der Waals surface area contributed by atoms with E-state index in [1.807, 2.05) is 24.3 Å². The molecule has 21 heavy (non-hydrogen) atoms. The van der Waals surface area contributed by atoms with Crippen molar-refractivity contribution in [3.63, 3.8) is 0 Å². The van der Waals surface area contributed by atoms with Crippen LogP contribution in [0.15, 0.2) is 42.5 Å². The summed E-state index contributed by atoms with van der Waals surface area (Å²) in [5.74, 6) is 1.94. The molecule has 0 N–H and O–H groups in total. The number of rotatable bonds is 6.